The standard InChI is InChI=1S/C14H14N4/c1-9-16-11(8-14(15)17-9)13-7-10-5-3-4-6-12(10)18(13)2/h3-8H,1-2H3,(H2,15,16,17). The highest BCUT2D eigenvalue weighted by atomic mass is 15.0. The van der Waals surface area contributed by atoms with Crippen LogP contribution in [0.1, 0.15) is 5.82 Å². The van der Waals surface area contributed by atoms with Gasteiger partial charge in [0, 0.05) is 24.0 Å². The van der Waals surface area contributed by atoms with Crippen molar-refractivity contribution in [3.8, 4) is 11.4 Å². The van der Waals surface area contributed by atoms with Crippen molar-refractivity contribution >= 4 is 16.7 Å². The molecule has 0 bridgehead atoms. The molecule has 0 aliphatic rings. The molecule has 3 rings (SSSR count). The van der Waals surface area contributed by atoms with E-state index in [-0.39, 0.29) is 0 Å². The molecule has 4 nitrogen and oxygen atoms in total. The van der Waals surface area contributed by atoms with E-state index < -0.39 is 0 Å². The summed E-state index contributed by atoms with van der Waals surface area (Å²) in [6.45, 7) is 1.85. The zero-order valence-corrected chi connectivity index (χ0v) is 10.4. The minimum Gasteiger partial charge on any atom is -0.384 e. The number of benzene rings is 1. The van der Waals surface area contributed by atoms with Gasteiger partial charge in [0.1, 0.15) is 11.6 Å². The molecule has 0 aliphatic heterocycles. The fraction of sp³-hybridized carbons (Fsp3) is 0.143. The van der Waals surface area contributed by atoms with Gasteiger partial charge in [-0.05, 0) is 19.1 Å². The van der Waals surface area contributed by atoms with Crippen molar-refractivity contribution in [3.63, 3.8) is 0 Å². The lowest BCUT2D eigenvalue weighted by molar-refractivity contribution is 0.959. The number of hydrogen-bond donors (Lipinski definition) is 1. The molecule has 2 N–H and O–H groups in total. The first-order valence-electron chi connectivity index (χ1n) is 5.81. The van der Waals surface area contributed by atoms with Gasteiger partial charge in [0.25, 0.3) is 0 Å². The molecule has 2 aromatic heterocycles. The molecule has 0 spiro atoms. The Bertz CT molecular complexity index is 707. The van der Waals surface area contributed by atoms with Crippen LogP contribution in [0.4, 0.5) is 5.82 Å². The molecule has 2 heterocycles. The van der Waals surface area contributed by atoms with Gasteiger partial charge < -0.3 is 10.3 Å². The minimum atomic E-state index is 0.503. The lowest BCUT2D eigenvalue weighted by Crippen LogP contribution is -1.99. The predicted octanol–water partition coefficient (Wildman–Crippen LogP) is 2.53. The molecule has 0 fully saturated rings. The molecule has 90 valence electrons. The number of rotatable bonds is 1. The van der Waals surface area contributed by atoms with Crippen LogP contribution < -0.4 is 5.73 Å². The second kappa shape index (κ2) is 3.84. The van der Waals surface area contributed by atoms with Gasteiger partial charge >= 0.3 is 0 Å². The summed E-state index contributed by atoms with van der Waals surface area (Å²) in [6.07, 6.45) is 0. The molecule has 0 unspecified atom stereocenters. The number of anilines is 1. The fourth-order valence-corrected chi connectivity index (χ4v) is 2.26. The van der Waals surface area contributed by atoms with E-state index in [1.807, 2.05) is 26.1 Å². The molecular formula is C14H14N4. The van der Waals surface area contributed by atoms with Crippen molar-refractivity contribution in [2.45, 2.75) is 6.92 Å². The molecule has 4 heteroatoms. The summed E-state index contributed by atoms with van der Waals surface area (Å²) in [7, 11) is 2.03. The lowest BCUT2D eigenvalue weighted by Gasteiger charge is -2.05. The van der Waals surface area contributed by atoms with Crippen LogP contribution in [0.2, 0.25) is 0 Å². The van der Waals surface area contributed by atoms with Gasteiger partial charge in [-0.2, -0.15) is 0 Å². The quantitative estimate of drug-likeness (QED) is 0.708. The van der Waals surface area contributed by atoms with E-state index in [2.05, 4.69) is 32.7 Å². The summed E-state index contributed by atoms with van der Waals surface area (Å²) in [5.41, 5.74) is 8.87. The Morgan fingerprint density at radius 1 is 1.11 bits per heavy atom. The van der Waals surface area contributed by atoms with Crippen LogP contribution >= 0.6 is 0 Å². The van der Waals surface area contributed by atoms with E-state index in [1.165, 1.54) is 10.9 Å². The molecule has 0 amide bonds. The Kier molecular flexibility index (Phi) is 2.30. The monoisotopic (exact) mass is 238 g/mol. The average molecular weight is 238 g/mol. The molecule has 0 saturated carbocycles. The van der Waals surface area contributed by atoms with E-state index >= 15 is 0 Å². The largest absolute Gasteiger partial charge is 0.384 e. The fourth-order valence-electron chi connectivity index (χ4n) is 2.26. The molecule has 18 heavy (non-hydrogen) atoms. The van der Waals surface area contributed by atoms with E-state index in [9.17, 15) is 0 Å². The number of nitrogen functional groups attached to an aromatic ring is 1. The first-order chi connectivity index (χ1) is 8.65. The third kappa shape index (κ3) is 1.62. The van der Waals surface area contributed by atoms with Crippen LogP contribution in [-0.4, -0.2) is 14.5 Å². The van der Waals surface area contributed by atoms with Gasteiger partial charge in [0.15, 0.2) is 0 Å². The SMILES string of the molecule is Cc1nc(N)cc(-c2cc3ccccc3n2C)n1. The summed E-state index contributed by atoms with van der Waals surface area (Å²) in [4.78, 5) is 8.55. The number of para-hydroxylation sites is 1. The van der Waals surface area contributed by atoms with Gasteiger partial charge in [0.05, 0.1) is 11.4 Å². The highest BCUT2D eigenvalue weighted by molar-refractivity contribution is 5.86. The number of fused-ring (bicyclic) bond motifs is 1. The maximum Gasteiger partial charge on any atom is 0.128 e. The Hall–Kier alpha value is -2.36. The molecule has 3 aromatic rings. The third-order valence-corrected chi connectivity index (χ3v) is 3.07. The second-order valence-corrected chi connectivity index (χ2v) is 4.37. The Balaban J connectivity index is 2.28. The highest BCUT2D eigenvalue weighted by Crippen LogP contribution is 2.26. The maximum absolute atomic E-state index is 5.78. The van der Waals surface area contributed by atoms with Gasteiger partial charge in [0.2, 0.25) is 0 Å². The number of nitrogens with two attached hydrogens (primary N) is 1. The van der Waals surface area contributed by atoms with Gasteiger partial charge in [-0.15, -0.1) is 0 Å². The van der Waals surface area contributed by atoms with E-state index in [0.29, 0.717) is 11.6 Å². The van der Waals surface area contributed by atoms with Crippen molar-refractivity contribution in [1.82, 2.24) is 14.5 Å². The smallest absolute Gasteiger partial charge is 0.128 e. The summed E-state index contributed by atoms with van der Waals surface area (Å²) in [5.74, 6) is 1.19. The van der Waals surface area contributed by atoms with E-state index in [4.69, 9.17) is 5.73 Å². The Morgan fingerprint density at radius 2 is 1.89 bits per heavy atom. The van der Waals surface area contributed by atoms with Gasteiger partial charge in [-0.25, -0.2) is 9.97 Å². The van der Waals surface area contributed by atoms with Crippen LogP contribution in [-0.2, 0) is 7.05 Å². The molecule has 0 saturated heterocycles. The van der Waals surface area contributed by atoms with Crippen LogP contribution in [0.5, 0.6) is 0 Å². The van der Waals surface area contributed by atoms with Crippen LogP contribution in [0.25, 0.3) is 22.3 Å². The highest BCUT2D eigenvalue weighted by Gasteiger charge is 2.09. The predicted molar refractivity (Wildman–Crippen MR) is 73.1 cm³/mol. The van der Waals surface area contributed by atoms with Crippen LogP contribution in [0, 0.1) is 6.92 Å². The van der Waals surface area contributed by atoms with E-state index in [0.717, 1.165) is 11.4 Å². The first-order valence-corrected chi connectivity index (χ1v) is 5.81. The maximum atomic E-state index is 5.78. The molecular weight excluding hydrogens is 224 g/mol. The van der Waals surface area contributed by atoms with E-state index in [1.54, 1.807) is 6.07 Å². The third-order valence-electron chi connectivity index (χ3n) is 3.07. The van der Waals surface area contributed by atoms with Gasteiger partial charge in [-0.1, -0.05) is 18.2 Å². The first kappa shape index (κ1) is 10.8. The van der Waals surface area contributed by atoms with Crippen molar-refractivity contribution in [3.05, 3.63) is 42.2 Å². The lowest BCUT2D eigenvalue weighted by atomic mass is 10.2. The zero-order chi connectivity index (χ0) is 12.7. The topological polar surface area (TPSA) is 56.7 Å². The molecule has 1 aromatic carbocycles. The number of aromatic nitrogens is 3. The van der Waals surface area contributed by atoms with Crippen molar-refractivity contribution in [1.29, 1.82) is 0 Å². The number of aryl methyl sites for hydroxylation is 2. The molecule has 0 radical (unpaired) electrons. The van der Waals surface area contributed by atoms with Crippen LogP contribution in [0.3, 0.4) is 0 Å². The second-order valence-electron chi connectivity index (χ2n) is 4.37. The van der Waals surface area contributed by atoms with Crippen molar-refractivity contribution in [2.24, 2.45) is 7.05 Å². The average Bonchev–Trinajstić information content (AvgIpc) is 2.66. The summed E-state index contributed by atoms with van der Waals surface area (Å²) >= 11 is 0. The molecule has 0 atom stereocenters. The normalized spacial score (nSPS) is 11.0. The summed E-state index contributed by atoms with van der Waals surface area (Å²) < 4.78 is 2.12. The van der Waals surface area contributed by atoms with Crippen molar-refractivity contribution < 1.29 is 0 Å². The summed E-state index contributed by atoms with van der Waals surface area (Å²) in [6, 6.07) is 12.2. The summed E-state index contributed by atoms with van der Waals surface area (Å²) in [5, 5.41) is 1.20. The number of hydrogen-bond acceptors (Lipinski definition) is 3. The van der Waals surface area contributed by atoms with Gasteiger partial charge in [-0.3, -0.25) is 0 Å². The Morgan fingerprint density at radius 3 is 2.61 bits per heavy atom. The van der Waals surface area contributed by atoms with Crippen LogP contribution in [0.15, 0.2) is 36.4 Å². The zero-order valence-electron chi connectivity index (χ0n) is 10.4. The van der Waals surface area contributed by atoms with Crippen molar-refractivity contribution in [2.75, 3.05) is 5.73 Å². The minimum absolute atomic E-state index is 0.503. The molecule has 0 aliphatic carbocycles. The number of nitrogens with zero attached hydrogens (tertiary/aromatic N) is 3. The Labute approximate surface area is 105 Å².